The van der Waals surface area contributed by atoms with Crippen LogP contribution in [-0.2, 0) is 14.3 Å². The van der Waals surface area contributed by atoms with E-state index in [-0.39, 0.29) is 6.10 Å². The number of likely N-dealkylation sites (tertiary alicyclic amines) is 1. The lowest BCUT2D eigenvalue weighted by molar-refractivity contribution is -0.168. The van der Waals surface area contributed by atoms with Crippen molar-refractivity contribution in [2.75, 3.05) is 26.2 Å². The van der Waals surface area contributed by atoms with Crippen LogP contribution in [0.1, 0.15) is 24.8 Å². The van der Waals surface area contributed by atoms with E-state index in [1.807, 2.05) is 24.3 Å². The van der Waals surface area contributed by atoms with Crippen LogP contribution in [-0.4, -0.2) is 54.3 Å². The molecule has 0 aromatic heterocycles. The van der Waals surface area contributed by atoms with E-state index >= 15 is 0 Å². The molecule has 1 aliphatic heterocycles. The zero-order valence-electron chi connectivity index (χ0n) is 16.7. The van der Waals surface area contributed by atoms with Crippen LogP contribution >= 0.6 is 0 Å². The number of carbonyl (C=O) groups is 2. The van der Waals surface area contributed by atoms with E-state index in [4.69, 9.17) is 14.6 Å². The Kier molecular flexibility index (Phi) is 7.25. The number of aryl methyl sites for hydroxylation is 1. The van der Waals surface area contributed by atoms with Crippen molar-refractivity contribution in [3.05, 3.63) is 54.1 Å². The lowest BCUT2D eigenvalue weighted by Gasteiger charge is -2.31. The molecule has 0 radical (unpaired) electrons. The highest BCUT2D eigenvalue weighted by molar-refractivity contribution is 6.28. The first-order valence-electron chi connectivity index (χ1n) is 9.98. The van der Waals surface area contributed by atoms with E-state index in [9.17, 15) is 9.59 Å². The van der Waals surface area contributed by atoms with E-state index in [0.717, 1.165) is 31.8 Å². The Morgan fingerprint density at radius 2 is 1.76 bits per heavy atom. The van der Waals surface area contributed by atoms with Crippen molar-refractivity contribution in [2.24, 2.45) is 0 Å². The molecule has 2 aromatic carbocycles. The van der Waals surface area contributed by atoms with Crippen LogP contribution in [0.3, 0.4) is 0 Å². The van der Waals surface area contributed by atoms with Gasteiger partial charge in [0.15, 0.2) is 0 Å². The number of aliphatic carboxylic acids is 1. The molecule has 1 heterocycles. The number of carboxylic acid groups (broad SMARTS) is 1. The lowest BCUT2D eigenvalue weighted by atomic mass is 10.0. The number of rotatable bonds is 7. The van der Waals surface area contributed by atoms with Gasteiger partial charge < -0.3 is 19.5 Å². The molecule has 29 heavy (non-hydrogen) atoms. The Morgan fingerprint density at radius 1 is 1.07 bits per heavy atom. The van der Waals surface area contributed by atoms with Gasteiger partial charge in [-0.05, 0) is 55.0 Å². The zero-order valence-corrected chi connectivity index (χ0v) is 16.7. The molecule has 2 aromatic rings. The minimum atomic E-state index is -1.53. The molecule has 6 nitrogen and oxygen atoms in total. The van der Waals surface area contributed by atoms with Gasteiger partial charge in [-0.1, -0.05) is 36.4 Å². The molecule has 1 saturated heterocycles. The standard InChI is InChI=1S/C23H27NO5/c1-17-5-2-3-6-21(17)18-7-9-19(10-8-18)28-16-4-13-24-14-11-20(12-15-24)29-23(27)22(25)26/h2-3,5-10,20H,4,11-16H2,1H3,(H,25,26). The Labute approximate surface area is 171 Å². The van der Waals surface area contributed by atoms with Crippen LogP contribution in [0.15, 0.2) is 48.5 Å². The Morgan fingerprint density at radius 3 is 2.41 bits per heavy atom. The normalized spacial score (nSPS) is 15.1. The monoisotopic (exact) mass is 397 g/mol. The summed E-state index contributed by atoms with van der Waals surface area (Å²) in [5, 5.41) is 8.59. The third kappa shape index (κ3) is 6.06. The number of ether oxygens (including phenoxy) is 2. The number of nitrogens with zero attached hydrogens (tertiary/aromatic N) is 1. The first-order valence-corrected chi connectivity index (χ1v) is 9.98. The van der Waals surface area contributed by atoms with E-state index in [1.54, 1.807) is 0 Å². The Hall–Kier alpha value is -2.86. The number of esters is 1. The van der Waals surface area contributed by atoms with Gasteiger partial charge in [0, 0.05) is 19.6 Å². The molecule has 1 aliphatic rings. The van der Waals surface area contributed by atoms with Gasteiger partial charge in [0.2, 0.25) is 0 Å². The maximum absolute atomic E-state index is 11.1. The van der Waals surface area contributed by atoms with Crippen molar-refractivity contribution in [2.45, 2.75) is 32.3 Å². The smallest absolute Gasteiger partial charge is 0.417 e. The van der Waals surface area contributed by atoms with Crippen molar-refractivity contribution in [3.8, 4) is 16.9 Å². The fourth-order valence-corrected chi connectivity index (χ4v) is 3.56. The molecule has 0 aliphatic carbocycles. The molecule has 1 N–H and O–H groups in total. The second-order valence-corrected chi connectivity index (χ2v) is 7.29. The molecular weight excluding hydrogens is 370 g/mol. The first kappa shape index (κ1) is 20.9. The highest BCUT2D eigenvalue weighted by Crippen LogP contribution is 2.25. The predicted molar refractivity (Wildman–Crippen MR) is 110 cm³/mol. The van der Waals surface area contributed by atoms with Gasteiger partial charge >= 0.3 is 11.9 Å². The maximum atomic E-state index is 11.1. The largest absolute Gasteiger partial charge is 0.494 e. The summed E-state index contributed by atoms with van der Waals surface area (Å²) in [5.41, 5.74) is 3.67. The van der Waals surface area contributed by atoms with Crippen LogP contribution < -0.4 is 4.74 Å². The Bertz CT molecular complexity index is 825. The molecule has 0 saturated carbocycles. The molecular formula is C23H27NO5. The molecule has 0 bridgehead atoms. The number of piperidine rings is 1. The molecule has 154 valence electrons. The van der Waals surface area contributed by atoms with E-state index < -0.39 is 11.9 Å². The number of carbonyl (C=O) groups excluding carboxylic acids is 1. The quantitative estimate of drug-likeness (QED) is 0.438. The van der Waals surface area contributed by atoms with Gasteiger partial charge in [0.05, 0.1) is 6.61 Å². The molecule has 0 unspecified atom stereocenters. The summed E-state index contributed by atoms with van der Waals surface area (Å²) in [6.45, 7) is 5.24. The van der Waals surface area contributed by atoms with Crippen molar-refractivity contribution < 1.29 is 24.2 Å². The Balaban J connectivity index is 1.35. The van der Waals surface area contributed by atoms with Crippen molar-refractivity contribution >= 4 is 11.9 Å². The minimum absolute atomic E-state index is 0.294. The summed E-state index contributed by atoms with van der Waals surface area (Å²) in [5.74, 6) is -1.83. The topological polar surface area (TPSA) is 76.1 Å². The molecule has 0 spiro atoms. The van der Waals surface area contributed by atoms with Crippen LogP contribution in [0.4, 0.5) is 0 Å². The predicted octanol–water partition coefficient (Wildman–Crippen LogP) is 3.52. The summed E-state index contributed by atoms with van der Waals surface area (Å²) >= 11 is 0. The van der Waals surface area contributed by atoms with E-state index in [2.05, 4.69) is 36.1 Å². The summed E-state index contributed by atoms with van der Waals surface area (Å²) < 4.78 is 10.8. The van der Waals surface area contributed by atoms with Crippen molar-refractivity contribution in [1.29, 1.82) is 0 Å². The third-order valence-electron chi connectivity index (χ3n) is 5.18. The third-order valence-corrected chi connectivity index (χ3v) is 5.18. The highest BCUT2D eigenvalue weighted by atomic mass is 16.6. The van der Waals surface area contributed by atoms with Gasteiger partial charge in [-0.15, -0.1) is 0 Å². The van der Waals surface area contributed by atoms with Gasteiger partial charge in [0.1, 0.15) is 11.9 Å². The van der Waals surface area contributed by atoms with Gasteiger partial charge in [-0.3, -0.25) is 0 Å². The van der Waals surface area contributed by atoms with Crippen LogP contribution in [0.5, 0.6) is 5.75 Å². The van der Waals surface area contributed by atoms with Crippen LogP contribution in [0.2, 0.25) is 0 Å². The van der Waals surface area contributed by atoms with Gasteiger partial charge in [0.25, 0.3) is 0 Å². The summed E-state index contributed by atoms with van der Waals surface area (Å²) in [4.78, 5) is 23.9. The molecule has 0 atom stereocenters. The first-order chi connectivity index (χ1) is 14.0. The summed E-state index contributed by atoms with van der Waals surface area (Å²) in [7, 11) is 0. The molecule has 6 heteroatoms. The van der Waals surface area contributed by atoms with Crippen molar-refractivity contribution in [3.63, 3.8) is 0 Å². The lowest BCUT2D eigenvalue weighted by Crippen LogP contribution is -2.39. The second kappa shape index (κ2) is 10.1. The molecule has 1 fully saturated rings. The van der Waals surface area contributed by atoms with Gasteiger partial charge in [-0.25, -0.2) is 9.59 Å². The highest BCUT2D eigenvalue weighted by Gasteiger charge is 2.24. The fourth-order valence-electron chi connectivity index (χ4n) is 3.56. The molecule has 0 amide bonds. The summed E-state index contributed by atoms with van der Waals surface area (Å²) in [6, 6.07) is 16.5. The van der Waals surface area contributed by atoms with Gasteiger partial charge in [-0.2, -0.15) is 0 Å². The van der Waals surface area contributed by atoms with Crippen molar-refractivity contribution in [1.82, 2.24) is 4.90 Å². The number of carboxylic acids is 1. The average Bonchev–Trinajstić information content (AvgIpc) is 2.73. The SMILES string of the molecule is Cc1ccccc1-c1ccc(OCCCN2CCC(OC(=O)C(=O)O)CC2)cc1. The number of hydrogen-bond donors (Lipinski definition) is 1. The van der Waals surface area contributed by atoms with Crippen LogP contribution in [0, 0.1) is 6.92 Å². The average molecular weight is 397 g/mol. The summed E-state index contributed by atoms with van der Waals surface area (Å²) in [6.07, 6.45) is 1.94. The van der Waals surface area contributed by atoms with E-state index in [0.29, 0.717) is 19.4 Å². The minimum Gasteiger partial charge on any atom is -0.494 e. The zero-order chi connectivity index (χ0) is 20.6. The second-order valence-electron chi connectivity index (χ2n) is 7.29. The van der Waals surface area contributed by atoms with E-state index in [1.165, 1.54) is 16.7 Å². The number of hydrogen-bond acceptors (Lipinski definition) is 5. The number of benzene rings is 2. The maximum Gasteiger partial charge on any atom is 0.417 e. The molecule has 3 rings (SSSR count). The van der Waals surface area contributed by atoms with Crippen LogP contribution in [0.25, 0.3) is 11.1 Å². The fraction of sp³-hybridized carbons (Fsp3) is 0.391.